The van der Waals surface area contributed by atoms with Crippen molar-refractivity contribution < 1.29 is 22.7 Å². The summed E-state index contributed by atoms with van der Waals surface area (Å²) in [7, 11) is 0. The second-order valence-electron chi connectivity index (χ2n) is 6.52. The minimum atomic E-state index is -4.31. The number of hydrogen-bond acceptors (Lipinski definition) is 6. The maximum absolute atomic E-state index is 12.1. The van der Waals surface area contributed by atoms with Crippen molar-refractivity contribution in [3.8, 4) is 6.07 Å². The maximum atomic E-state index is 12.1. The van der Waals surface area contributed by atoms with Crippen LogP contribution in [0.15, 0.2) is 22.8 Å². The van der Waals surface area contributed by atoms with Gasteiger partial charge >= 0.3 is 12.3 Å². The molecule has 1 aliphatic rings. The van der Waals surface area contributed by atoms with Crippen LogP contribution in [0.2, 0.25) is 0 Å². The van der Waals surface area contributed by atoms with Crippen molar-refractivity contribution in [2.24, 2.45) is 4.99 Å². The van der Waals surface area contributed by atoms with Gasteiger partial charge in [-0.1, -0.05) is 6.08 Å². The molecule has 29 heavy (non-hydrogen) atoms. The largest absolute Gasteiger partial charge is 0.446 e. The van der Waals surface area contributed by atoms with Crippen molar-refractivity contribution in [1.82, 2.24) is 15.5 Å². The number of nitrogens with zero attached hydrogens (tertiary/aromatic N) is 3. The van der Waals surface area contributed by atoms with Crippen molar-refractivity contribution in [3.05, 3.63) is 23.5 Å². The van der Waals surface area contributed by atoms with Crippen LogP contribution in [0, 0.1) is 11.3 Å². The number of halogens is 3. The molecule has 2 atom stereocenters. The summed E-state index contributed by atoms with van der Waals surface area (Å²) >= 11 is 0. The molecule has 1 aromatic rings. The fourth-order valence-electron chi connectivity index (χ4n) is 2.93. The van der Waals surface area contributed by atoms with Crippen LogP contribution in [0.1, 0.15) is 44.2 Å². The summed E-state index contributed by atoms with van der Waals surface area (Å²) in [5.74, 6) is 0.743. The van der Waals surface area contributed by atoms with Gasteiger partial charge in [0.1, 0.15) is 23.7 Å². The molecule has 0 aliphatic heterocycles. The first-order chi connectivity index (χ1) is 13.8. The highest BCUT2D eigenvalue weighted by molar-refractivity contribution is 5.67. The van der Waals surface area contributed by atoms with E-state index < -0.39 is 25.2 Å². The number of aliphatic imine (C=N–C) groups is 1. The predicted octanol–water partition coefficient (Wildman–Crippen LogP) is 3.63. The number of allylic oxidation sites excluding steroid dienone is 2. The van der Waals surface area contributed by atoms with Crippen molar-refractivity contribution in [2.45, 2.75) is 50.8 Å². The molecular weight excluding hydrogens is 389 g/mol. The average Bonchev–Trinajstić information content (AvgIpc) is 3.30. The molecule has 8 nitrogen and oxygen atoms in total. The molecule has 2 rings (SSSR count). The topological polar surface area (TPSA) is 115 Å². The van der Waals surface area contributed by atoms with Gasteiger partial charge in [-0.25, -0.2) is 9.79 Å². The van der Waals surface area contributed by atoms with E-state index in [4.69, 9.17) is 10.00 Å². The van der Waals surface area contributed by atoms with E-state index in [0.717, 1.165) is 12.1 Å². The van der Waals surface area contributed by atoms with Gasteiger partial charge in [0, 0.05) is 30.4 Å². The van der Waals surface area contributed by atoms with E-state index in [-0.39, 0.29) is 12.0 Å². The Labute approximate surface area is 166 Å². The molecule has 0 saturated heterocycles. The monoisotopic (exact) mass is 412 g/mol. The highest BCUT2D eigenvalue weighted by Gasteiger charge is 2.30. The Balaban J connectivity index is 1.73. The Hall–Kier alpha value is -3.03. The molecule has 1 amide bonds. The molecule has 1 fully saturated rings. The molecule has 2 unspecified atom stereocenters. The number of hydrogen-bond donors (Lipinski definition) is 3. The third-order valence-electron chi connectivity index (χ3n) is 4.37. The summed E-state index contributed by atoms with van der Waals surface area (Å²) < 4.78 is 41.5. The molecule has 1 aromatic heterocycles. The van der Waals surface area contributed by atoms with E-state index in [0.29, 0.717) is 30.9 Å². The summed E-state index contributed by atoms with van der Waals surface area (Å²) in [6, 6.07) is 3.80. The Morgan fingerprint density at radius 1 is 1.52 bits per heavy atom. The molecule has 0 radical (unpaired) electrons. The second-order valence-corrected chi connectivity index (χ2v) is 6.52. The van der Waals surface area contributed by atoms with E-state index in [9.17, 15) is 18.0 Å². The van der Waals surface area contributed by atoms with Crippen molar-refractivity contribution in [2.75, 3.05) is 18.4 Å². The normalized spacial score (nSPS) is 19.9. The van der Waals surface area contributed by atoms with Crippen LogP contribution < -0.4 is 10.6 Å². The number of nitriles is 1. The van der Waals surface area contributed by atoms with Crippen molar-refractivity contribution >= 4 is 18.1 Å². The van der Waals surface area contributed by atoms with Gasteiger partial charge in [-0.3, -0.25) is 5.10 Å². The van der Waals surface area contributed by atoms with Crippen molar-refractivity contribution in [3.63, 3.8) is 0 Å². The van der Waals surface area contributed by atoms with Crippen molar-refractivity contribution in [1.29, 1.82) is 5.26 Å². The van der Waals surface area contributed by atoms with Gasteiger partial charge < -0.3 is 15.4 Å². The van der Waals surface area contributed by atoms with Crippen LogP contribution in [0.5, 0.6) is 0 Å². The van der Waals surface area contributed by atoms with E-state index in [1.807, 2.05) is 12.1 Å². The van der Waals surface area contributed by atoms with Gasteiger partial charge in [0.25, 0.3) is 0 Å². The summed E-state index contributed by atoms with van der Waals surface area (Å²) in [4.78, 5) is 15.6. The van der Waals surface area contributed by atoms with Gasteiger partial charge in [0.15, 0.2) is 0 Å². The molecule has 1 saturated carbocycles. The van der Waals surface area contributed by atoms with Gasteiger partial charge in [-0.2, -0.15) is 23.5 Å². The third kappa shape index (κ3) is 7.85. The Bertz CT molecular complexity index is 781. The lowest BCUT2D eigenvalue weighted by atomic mass is 10.0. The summed E-state index contributed by atoms with van der Waals surface area (Å²) in [6.45, 7) is 1.63. The third-order valence-corrected chi connectivity index (χ3v) is 4.37. The first-order valence-electron chi connectivity index (χ1n) is 9.20. The van der Waals surface area contributed by atoms with Gasteiger partial charge in [-0.15, -0.1) is 0 Å². The first kappa shape index (κ1) is 22.3. The molecule has 1 heterocycles. The standard InChI is InChI=1S/C18H23F3N6O2/c1-2-13(11-22)23-7-8-24-16-10-15(26-27-16)12-3-4-14(9-12)29-17(28)25-6-5-18(19,20)21/h2,7,10,12,14H,3-6,8-9H2,1H3,(H,25,28)(H2,24,26,27)/b13-2-,23-7?. The zero-order valence-electron chi connectivity index (χ0n) is 15.9. The minimum absolute atomic E-state index is 0.118. The zero-order chi connectivity index (χ0) is 21.3. The van der Waals surface area contributed by atoms with Crippen LogP contribution in [0.4, 0.5) is 23.8 Å². The van der Waals surface area contributed by atoms with Gasteiger partial charge in [0.2, 0.25) is 0 Å². The van der Waals surface area contributed by atoms with Crippen LogP contribution in [-0.2, 0) is 4.74 Å². The lowest BCUT2D eigenvalue weighted by Crippen LogP contribution is -2.31. The lowest BCUT2D eigenvalue weighted by molar-refractivity contribution is -0.133. The highest BCUT2D eigenvalue weighted by Crippen LogP contribution is 2.35. The number of aromatic amines is 1. The number of aromatic nitrogens is 2. The minimum Gasteiger partial charge on any atom is -0.446 e. The molecule has 158 valence electrons. The molecule has 3 N–H and O–H groups in total. The first-order valence-corrected chi connectivity index (χ1v) is 9.20. The number of ether oxygens (including phenoxy) is 1. The molecule has 11 heteroatoms. The SMILES string of the molecule is C/C=C(/C#N)N=CCNc1cc(C2CCC(OC(=O)NCCC(F)(F)F)C2)[nH]n1. The fraction of sp³-hybridized carbons (Fsp3) is 0.556. The van der Waals surface area contributed by atoms with Gasteiger partial charge in [-0.05, 0) is 26.2 Å². The quantitative estimate of drug-likeness (QED) is 0.445. The number of carbonyl (C=O) groups is 1. The van der Waals surface area contributed by atoms with E-state index in [1.54, 1.807) is 19.2 Å². The molecule has 0 bridgehead atoms. The molecule has 0 aromatic carbocycles. The number of rotatable bonds is 8. The lowest BCUT2D eigenvalue weighted by Gasteiger charge is -2.13. The number of alkyl carbamates (subject to hydrolysis) is 1. The maximum Gasteiger partial charge on any atom is 0.407 e. The van der Waals surface area contributed by atoms with Gasteiger partial charge in [0.05, 0.1) is 13.0 Å². The summed E-state index contributed by atoms with van der Waals surface area (Å²) in [5, 5.41) is 21.1. The summed E-state index contributed by atoms with van der Waals surface area (Å²) in [6.07, 6.45) is -1.41. The number of H-pyrrole nitrogens is 1. The van der Waals surface area contributed by atoms with E-state index in [2.05, 4.69) is 25.8 Å². The van der Waals surface area contributed by atoms with Crippen LogP contribution in [-0.4, -0.2) is 47.9 Å². The molecular formula is C18H23F3N6O2. The average molecular weight is 412 g/mol. The van der Waals surface area contributed by atoms with E-state index >= 15 is 0 Å². The number of nitrogens with one attached hydrogen (secondary N) is 3. The number of anilines is 1. The number of carbonyl (C=O) groups excluding carboxylic acids is 1. The highest BCUT2D eigenvalue weighted by atomic mass is 19.4. The zero-order valence-corrected chi connectivity index (χ0v) is 15.9. The summed E-state index contributed by atoms with van der Waals surface area (Å²) in [5.41, 5.74) is 1.22. The molecule has 0 spiro atoms. The Kier molecular flexibility index (Phi) is 8.06. The number of alkyl halides is 3. The predicted molar refractivity (Wildman–Crippen MR) is 100 cm³/mol. The smallest absolute Gasteiger partial charge is 0.407 e. The van der Waals surface area contributed by atoms with Crippen LogP contribution in [0.25, 0.3) is 0 Å². The second kappa shape index (κ2) is 10.5. The van der Waals surface area contributed by atoms with Crippen LogP contribution >= 0.6 is 0 Å². The van der Waals surface area contributed by atoms with E-state index in [1.165, 1.54) is 0 Å². The molecule has 1 aliphatic carbocycles. The van der Waals surface area contributed by atoms with Crippen LogP contribution in [0.3, 0.4) is 0 Å². The number of amides is 1. The Morgan fingerprint density at radius 2 is 2.31 bits per heavy atom. The fourth-order valence-corrected chi connectivity index (χ4v) is 2.93. The Morgan fingerprint density at radius 3 is 3.00 bits per heavy atom.